The molecular formula is C13H14ClN. The average Bonchev–Trinajstić information content (AvgIpc) is 2.28. The summed E-state index contributed by atoms with van der Waals surface area (Å²) in [5, 5.41) is 2.85. The molecule has 1 aromatic carbocycles. The number of hydrogen-bond donors (Lipinski definition) is 0. The van der Waals surface area contributed by atoms with E-state index in [1.807, 2.05) is 6.07 Å². The first-order valence-electron chi connectivity index (χ1n) is 5.32. The summed E-state index contributed by atoms with van der Waals surface area (Å²) < 4.78 is 0. The van der Waals surface area contributed by atoms with Crippen LogP contribution in [0.3, 0.4) is 0 Å². The molecule has 0 spiro atoms. The van der Waals surface area contributed by atoms with Gasteiger partial charge in [0.1, 0.15) is 5.15 Å². The summed E-state index contributed by atoms with van der Waals surface area (Å²) in [4.78, 5) is 4.10. The quantitative estimate of drug-likeness (QED) is 0.696. The molecule has 0 saturated heterocycles. The first-order chi connectivity index (χ1) is 7.26. The highest BCUT2D eigenvalue weighted by Gasteiger charge is 2.05. The lowest BCUT2D eigenvalue weighted by Gasteiger charge is -2.08. The summed E-state index contributed by atoms with van der Waals surface area (Å²) in [5.41, 5.74) is 2.78. The van der Waals surface area contributed by atoms with Crippen molar-refractivity contribution in [3.05, 3.63) is 40.7 Å². The lowest BCUT2D eigenvalue weighted by Crippen LogP contribution is -1.92. The van der Waals surface area contributed by atoms with Crippen molar-refractivity contribution >= 4 is 22.4 Å². The van der Waals surface area contributed by atoms with Gasteiger partial charge in [0.15, 0.2) is 0 Å². The highest BCUT2D eigenvalue weighted by atomic mass is 35.5. The van der Waals surface area contributed by atoms with Gasteiger partial charge in [0.05, 0.1) is 0 Å². The van der Waals surface area contributed by atoms with Gasteiger partial charge in [-0.05, 0) is 41.5 Å². The van der Waals surface area contributed by atoms with Gasteiger partial charge in [-0.1, -0.05) is 31.5 Å². The van der Waals surface area contributed by atoms with Crippen LogP contribution < -0.4 is 0 Å². The highest BCUT2D eigenvalue weighted by molar-refractivity contribution is 6.34. The van der Waals surface area contributed by atoms with Crippen LogP contribution in [0.2, 0.25) is 5.15 Å². The molecule has 0 amide bonds. The smallest absolute Gasteiger partial charge is 0.136 e. The van der Waals surface area contributed by atoms with Crippen LogP contribution >= 0.6 is 11.6 Å². The lowest BCUT2D eigenvalue weighted by atomic mass is 9.99. The maximum atomic E-state index is 6.07. The fourth-order valence-electron chi connectivity index (χ4n) is 1.94. The normalized spacial score (nSPS) is 10.9. The van der Waals surface area contributed by atoms with E-state index in [-0.39, 0.29) is 0 Å². The Labute approximate surface area is 95.1 Å². The summed E-state index contributed by atoms with van der Waals surface area (Å²) in [6.07, 6.45) is 3.87. The number of rotatable bonds is 2. The molecule has 1 aromatic heterocycles. The van der Waals surface area contributed by atoms with Crippen LogP contribution in [-0.4, -0.2) is 4.98 Å². The average molecular weight is 220 g/mol. The van der Waals surface area contributed by atoms with Crippen LogP contribution in [0, 0.1) is 0 Å². The summed E-state index contributed by atoms with van der Waals surface area (Å²) in [6, 6.07) is 6.41. The van der Waals surface area contributed by atoms with E-state index in [0.717, 1.165) is 18.2 Å². The Morgan fingerprint density at radius 1 is 1.13 bits per heavy atom. The monoisotopic (exact) mass is 219 g/mol. The molecule has 0 fully saturated rings. The van der Waals surface area contributed by atoms with Crippen molar-refractivity contribution in [1.82, 2.24) is 4.98 Å². The molecule has 0 unspecified atom stereocenters. The van der Waals surface area contributed by atoms with Gasteiger partial charge in [0.25, 0.3) is 0 Å². The summed E-state index contributed by atoms with van der Waals surface area (Å²) in [7, 11) is 0. The van der Waals surface area contributed by atoms with Gasteiger partial charge in [-0.25, -0.2) is 4.98 Å². The molecule has 0 N–H and O–H groups in total. The van der Waals surface area contributed by atoms with Crippen molar-refractivity contribution < 1.29 is 0 Å². The molecule has 0 saturated carbocycles. The molecule has 0 aliphatic rings. The fraction of sp³-hybridized carbons (Fsp3) is 0.308. The van der Waals surface area contributed by atoms with Crippen molar-refractivity contribution in [2.75, 3.05) is 0 Å². The molecule has 1 nitrogen and oxygen atoms in total. The number of benzene rings is 1. The molecule has 0 atom stereocenters. The van der Waals surface area contributed by atoms with Crippen LogP contribution in [0.5, 0.6) is 0 Å². The second-order valence-corrected chi connectivity index (χ2v) is 4.01. The molecule has 1 heterocycles. The summed E-state index contributed by atoms with van der Waals surface area (Å²) in [6.45, 7) is 4.35. The Kier molecular flexibility index (Phi) is 2.92. The molecular weight excluding hydrogens is 206 g/mol. The summed E-state index contributed by atoms with van der Waals surface area (Å²) >= 11 is 6.07. The Morgan fingerprint density at radius 2 is 1.80 bits per heavy atom. The van der Waals surface area contributed by atoms with Gasteiger partial charge >= 0.3 is 0 Å². The van der Waals surface area contributed by atoms with Crippen LogP contribution in [0.15, 0.2) is 24.4 Å². The van der Waals surface area contributed by atoms with Crippen molar-refractivity contribution in [3.63, 3.8) is 0 Å². The standard InChI is InChI=1S/C13H14ClN/c1-3-9-7-11-5-6-15-13(14)12(11)8-10(9)4-2/h5-8H,3-4H2,1-2H3. The predicted octanol–water partition coefficient (Wildman–Crippen LogP) is 4.01. The van der Waals surface area contributed by atoms with Gasteiger partial charge < -0.3 is 0 Å². The number of fused-ring (bicyclic) bond motifs is 1. The minimum Gasteiger partial charge on any atom is -0.244 e. The van der Waals surface area contributed by atoms with E-state index in [4.69, 9.17) is 11.6 Å². The van der Waals surface area contributed by atoms with Crippen molar-refractivity contribution in [2.24, 2.45) is 0 Å². The van der Waals surface area contributed by atoms with E-state index in [2.05, 4.69) is 31.0 Å². The van der Waals surface area contributed by atoms with Crippen LogP contribution in [0.4, 0.5) is 0 Å². The van der Waals surface area contributed by atoms with E-state index in [9.17, 15) is 0 Å². The summed E-state index contributed by atoms with van der Waals surface area (Å²) in [5.74, 6) is 0. The Balaban J connectivity index is 2.75. The third-order valence-electron chi connectivity index (χ3n) is 2.80. The molecule has 0 aliphatic carbocycles. The predicted molar refractivity (Wildman–Crippen MR) is 65.5 cm³/mol. The fourth-order valence-corrected chi connectivity index (χ4v) is 2.16. The zero-order valence-electron chi connectivity index (χ0n) is 9.05. The Morgan fingerprint density at radius 3 is 2.47 bits per heavy atom. The van der Waals surface area contributed by atoms with Crippen molar-refractivity contribution in [2.45, 2.75) is 26.7 Å². The number of hydrogen-bond acceptors (Lipinski definition) is 1. The van der Waals surface area contributed by atoms with E-state index < -0.39 is 0 Å². The van der Waals surface area contributed by atoms with Crippen LogP contribution in [0.25, 0.3) is 10.8 Å². The minimum atomic E-state index is 0.602. The number of aromatic nitrogens is 1. The molecule has 15 heavy (non-hydrogen) atoms. The SMILES string of the molecule is CCc1cc2ccnc(Cl)c2cc1CC. The molecule has 0 aliphatic heterocycles. The van der Waals surface area contributed by atoms with E-state index >= 15 is 0 Å². The first-order valence-corrected chi connectivity index (χ1v) is 5.70. The Hall–Kier alpha value is -1.08. The van der Waals surface area contributed by atoms with Gasteiger partial charge in [0, 0.05) is 11.6 Å². The van der Waals surface area contributed by atoms with Gasteiger partial charge in [-0.2, -0.15) is 0 Å². The van der Waals surface area contributed by atoms with Gasteiger partial charge in [-0.15, -0.1) is 0 Å². The molecule has 0 bridgehead atoms. The molecule has 2 rings (SSSR count). The minimum absolute atomic E-state index is 0.602. The highest BCUT2D eigenvalue weighted by Crippen LogP contribution is 2.25. The van der Waals surface area contributed by atoms with Crippen molar-refractivity contribution in [3.8, 4) is 0 Å². The molecule has 2 heteroatoms. The lowest BCUT2D eigenvalue weighted by molar-refractivity contribution is 1.04. The molecule has 78 valence electrons. The van der Waals surface area contributed by atoms with Gasteiger partial charge in [-0.3, -0.25) is 0 Å². The third-order valence-corrected chi connectivity index (χ3v) is 3.10. The van der Waals surface area contributed by atoms with Crippen molar-refractivity contribution in [1.29, 1.82) is 0 Å². The zero-order chi connectivity index (χ0) is 10.8. The largest absolute Gasteiger partial charge is 0.244 e. The Bertz CT molecular complexity index is 491. The topological polar surface area (TPSA) is 12.9 Å². The zero-order valence-corrected chi connectivity index (χ0v) is 9.80. The maximum Gasteiger partial charge on any atom is 0.136 e. The second kappa shape index (κ2) is 4.19. The van der Waals surface area contributed by atoms with E-state index in [0.29, 0.717) is 5.15 Å². The van der Waals surface area contributed by atoms with Gasteiger partial charge in [0.2, 0.25) is 0 Å². The number of halogens is 1. The van der Waals surface area contributed by atoms with E-state index in [1.54, 1.807) is 6.20 Å². The van der Waals surface area contributed by atoms with Crippen LogP contribution in [-0.2, 0) is 12.8 Å². The number of nitrogens with zero attached hydrogens (tertiary/aromatic N) is 1. The number of aryl methyl sites for hydroxylation is 2. The van der Waals surface area contributed by atoms with Crippen LogP contribution in [0.1, 0.15) is 25.0 Å². The van der Waals surface area contributed by atoms with E-state index in [1.165, 1.54) is 16.5 Å². The first kappa shape index (κ1) is 10.4. The maximum absolute atomic E-state index is 6.07. The molecule has 2 aromatic rings. The second-order valence-electron chi connectivity index (χ2n) is 3.65. The number of pyridine rings is 1. The third kappa shape index (κ3) is 1.84. The molecule has 0 radical (unpaired) electrons.